The minimum atomic E-state index is -0.509. The number of hydrogen-bond donors (Lipinski definition) is 2. The molecule has 0 saturated heterocycles. The lowest BCUT2D eigenvalue weighted by atomic mass is 10.1. The van der Waals surface area contributed by atoms with Crippen LogP contribution in [0.15, 0.2) is 42.5 Å². The fraction of sp³-hybridized carbons (Fsp3) is 0. The summed E-state index contributed by atoms with van der Waals surface area (Å²) < 4.78 is 1.59. The average molecular weight is 253 g/mol. The molecule has 1 amide bonds. The Morgan fingerprint density at radius 3 is 2.74 bits per heavy atom. The van der Waals surface area contributed by atoms with Crippen molar-refractivity contribution in [2.75, 3.05) is 5.73 Å². The average Bonchev–Trinajstić information content (AvgIpc) is 2.83. The number of carbonyl (C=O) groups excluding carboxylic acids is 1. The molecule has 6 heteroatoms. The molecular formula is C13H11N5O. The summed E-state index contributed by atoms with van der Waals surface area (Å²) in [6.07, 6.45) is 0. The Labute approximate surface area is 108 Å². The van der Waals surface area contributed by atoms with E-state index in [1.54, 1.807) is 22.9 Å². The smallest absolute Gasteiger partial charge is 0.248 e. The van der Waals surface area contributed by atoms with Crippen molar-refractivity contribution in [1.82, 2.24) is 15.0 Å². The van der Waals surface area contributed by atoms with Gasteiger partial charge in [0.1, 0.15) is 5.52 Å². The number of anilines is 1. The van der Waals surface area contributed by atoms with Gasteiger partial charge in [0, 0.05) is 5.56 Å². The molecule has 0 atom stereocenters. The van der Waals surface area contributed by atoms with Gasteiger partial charge in [-0.3, -0.25) is 4.79 Å². The molecule has 4 N–H and O–H groups in total. The molecule has 0 aliphatic heterocycles. The van der Waals surface area contributed by atoms with Crippen molar-refractivity contribution in [3.8, 4) is 5.69 Å². The van der Waals surface area contributed by atoms with Gasteiger partial charge < -0.3 is 11.5 Å². The second-order valence-corrected chi connectivity index (χ2v) is 4.13. The van der Waals surface area contributed by atoms with Gasteiger partial charge in [-0.1, -0.05) is 17.3 Å². The molecule has 0 spiro atoms. The number of para-hydroxylation sites is 1. The lowest BCUT2D eigenvalue weighted by molar-refractivity contribution is 0.100. The normalized spacial score (nSPS) is 10.7. The molecule has 3 aromatic rings. The molecule has 0 unspecified atom stereocenters. The topological polar surface area (TPSA) is 99.8 Å². The van der Waals surface area contributed by atoms with Crippen molar-refractivity contribution in [2.24, 2.45) is 5.73 Å². The molecule has 2 aromatic carbocycles. The molecule has 0 bridgehead atoms. The molecule has 6 nitrogen and oxygen atoms in total. The lowest BCUT2D eigenvalue weighted by Gasteiger charge is -2.07. The molecule has 3 rings (SSSR count). The Bertz CT molecular complexity index is 778. The summed E-state index contributed by atoms with van der Waals surface area (Å²) in [5.41, 5.74) is 14.2. The Morgan fingerprint density at radius 1 is 1.16 bits per heavy atom. The maximum absolute atomic E-state index is 11.2. The van der Waals surface area contributed by atoms with Crippen molar-refractivity contribution in [3.05, 3.63) is 48.0 Å². The monoisotopic (exact) mass is 253 g/mol. The van der Waals surface area contributed by atoms with Crippen LogP contribution in [0.1, 0.15) is 10.4 Å². The summed E-state index contributed by atoms with van der Waals surface area (Å²) in [5.74, 6) is -0.509. The van der Waals surface area contributed by atoms with Crippen LogP contribution in [0, 0.1) is 0 Å². The van der Waals surface area contributed by atoms with Gasteiger partial charge >= 0.3 is 0 Å². The van der Waals surface area contributed by atoms with Gasteiger partial charge in [-0.05, 0) is 30.3 Å². The Balaban J connectivity index is 2.26. The van der Waals surface area contributed by atoms with Gasteiger partial charge in [0.05, 0.1) is 16.9 Å². The lowest BCUT2D eigenvalue weighted by Crippen LogP contribution is -2.12. The first-order valence-electron chi connectivity index (χ1n) is 5.67. The zero-order valence-corrected chi connectivity index (χ0v) is 9.95. The molecule has 0 radical (unpaired) electrons. The van der Waals surface area contributed by atoms with Crippen LogP contribution in [0.4, 0.5) is 5.69 Å². The Kier molecular flexibility index (Phi) is 2.42. The van der Waals surface area contributed by atoms with Gasteiger partial charge in [-0.2, -0.15) is 0 Å². The molecule has 0 aliphatic rings. The van der Waals surface area contributed by atoms with Crippen LogP contribution >= 0.6 is 0 Å². The first kappa shape index (κ1) is 11.2. The molecule has 1 aromatic heterocycles. The number of rotatable bonds is 2. The van der Waals surface area contributed by atoms with Crippen LogP contribution in [-0.2, 0) is 0 Å². The Hall–Kier alpha value is -2.89. The van der Waals surface area contributed by atoms with Gasteiger partial charge in [0.2, 0.25) is 5.91 Å². The number of aromatic nitrogens is 3. The summed E-state index contributed by atoms with van der Waals surface area (Å²) in [6, 6.07) is 12.3. The summed E-state index contributed by atoms with van der Waals surface area (Å²) >= 11 is 0. The highest BCUT2D eigenvalue weighted by Gasteiger charge is 2.11. The molecular weight excluding hydrogens is 242 g/mol. The number of fused-ring (bicyclic) bond motifs is 1. The number of hydrogen-bond acceptors (Lipinski definition) is 4. The predicted octanol–water partition coefficient (Wildman–Crippen LogP) is 1.10. The highest BCUT2D eigenvalue weighted by atomic mass is 16.1. The quantitative estimate of drug-likeness (QED) is 0.668. The minimum Gasteiger partial charge on any atom is -0.397 e. The second kappa shape index (κ2) is 4.09. The van der Waals surface area contributed by atoms with Gasteiger partial charge in [0.25, 0.3) is 0 Å². The summed E-state index contributed by atoms with van der Waals surface area (Å²) in [5, 5.41) is 8.11. The predicted molar refractivity (Wildman–Crippen MR) is 71.8 cm³/mol. The second-order valence-electron chi connectivity index (χ2n) is 4.13. The summed E-state index contributed by atoms with van der Waals surface area (Å²) in [7, 11) is 0. The molecule has 0 fully saturated rings. The van der Waals surface area contributed by atoms with E-state index < -0.39 is 5.91 Å². The van der Waals surface area contributed by atoms with Crippen LogP contribution < -0.4 is 11.5 Å². The van der Waals surface area contributed by atoms with Crippen molar-refractivity contribution in [2.45, 2.75) is 0 Å². The first-order valence-corrected chi connectivity index (χ1v) is 5.67. The number of nitrogens with zero attached hydrogens (tertiary/aromatic N) is 3. The summed E-state index contributed by atoms with van der Waals surface area (Å²) in [6.45, 7) is 0. The number of nitrogens with two attached hydrogens (primary N) is 2. The van der Waals surface area contributed by atoms with Gasteiger partial charge in [-0.25, -0.2) is 4.68 Å². The van der Waals surface area contributed by atoms with E-state index in [1.807, 2.05) is 24.3 Å². The van der Waals surface area contributed by atoms with E-state index in [-0.39, 0.29) is 0 Å². The zero-order valence-electron chi connectivity index (χ0n) is 9.95. The maximum atomic E-state index is 11.2. The number of carbonyl (C=O) groups is 1. The number of amides is 1. The van der Waals surface area contributed by atoms with Gasteiger partial charge in [-0.15, -0.1) is 5.10 Å². The van der Waals surface area contributed by atoms with Crippen LogP contribution in [0.2, 0.25) is 0 Å². The number of primary amides is 1. The molecule has 94 valence electrons. The van der Waals surface area contributed by atoms with Crippen molar-refractivity contribution >= 4 is 22.6 Å². The molecule has 1 heterocycles. The van der Waals surface area contributed by atoms with Crippen LogP contribution in [0.25, 0.3) is 16.7 Å². The van der Waals surface area contributed by atoms with E-state index in [0.717, 1.165) is 11.0 Å². The third-order valence-corrected chi connectivity index (χ3v) is 2.89. The van der Waals surface area contributed by atoms with E-state index in [9.17, 15) is 4.79 Å². The fourth-order valence-electron chi connectivity index (χ4n) is 1.93. The van der Waals surface area contributed by atoms with Crippen molar-refractivity contribution in [1.29, 1.82) is 0 Å². The molecule has 0 saturated carbocycles. The third-order valence-electron chi connectivity index (χ3n) is 2.89. The minimum absolute atomic E-state index is 0.379. The molecule has 19 heavy (non-hydrogen) atoms. The zero-order chi connectivity index (χ0) is 13.4. The highest BCUT2D eigenvalue weighted by Crippen LogP contribution is 2.22. The molecule has 0 aliphatic carbocycles. The van der Waals surface area contributed by atoms with E-state index in [1.165, 1.54) is 0 Å². The summed E-state index contributed by atoms with van der Waals surface area (Å²) in [4.78, 5) is 11.2. The van der Waals surface area contributed by atoms with Crippen molar-refractivity contribution < 1.29 is 4.79 Å². The van der Waals surface area contributed by atoms with Gasteiger partial charge in [0.15, 0.2) is 0 Å². The highest BCUT2D eigenvalue weighted by molar-refractivity contribution is 5.94. The standard InChI is InChI=1S/C13H11N5O/c14-9-6-5-8(13(15)19)7-12(9)18-11-4-2-1-3-10(11)16-17-18/h1-7H,14H2,(H2,15,19). The number of benzene rings is 2. The SMILES string of the molecule is NC(=O)c1ccc(N)c(-n2nnc3ccccc32)c1. The van der Waals surface area contributed by atoms with E-state index >= 15 is 0 Å². The van der Waals surface area contributed by atoms with Crippen molar-refractivity contribution in [3.63, 3.8) is 0 Å². The number of nitrogen functional groups attached to an aromatic ring is 1. The maximum Gasteiger partial charge on any atom is 0.248 e. The van der Waals surface area contributed by atoms with E-state index in [4.69, 9.17) is 11.5 Å². The van der Waals surface area contributed by atoms with Crippen LogP contribution in [0.3, 0.4) is 0 Å². The van der Waals surface area contributed by atoms with E-state index in [0.29, 0.717) is 16.9 Å². The van der Waals surface area contributed by atoms with Crippen LogP contribution in [-0.4, -0.2) is 20.9 Å². The largest absolute Gasteiger partial charge is 0.397 e. The first-order chi connectivity index (χ1) is 9.16. The van der Waals surface area contributed by atoms with E-state index in [2.05, 4.69) is 10.3 Å². The fourth-order valence-corrected chi connectivity index (χ4v) is 1.93. The van der Waals surface area contributed by atoms with Crippen LogP contribution in [0.5, 0.6) is 0 Å². The Morgan fingerprint density at radius 2 is 1.95 bits per heavy atom. The third kappa shape index (κ3) is 1.79.